The van der Waals surface area contributed by atoms with Gasteiger partial charge in [-0.15, -0.1) is 0 Å². The van der Waals surface area contributed by atoms with E-state index in [9.17, 15) is 9.59 Å². The summed E-state index contributed by atoms with van der Waals surface area (Å²) >= 11 is 0. The predicted octanol–water partition coefficient (Wildman–Crippen LogP) is 2.00. The Morgan fingerprint density at radius 1 is 1.53 bits per heavy atom. The molecule has 1 amide bonds. The summed E-state index contributed by atoms with van der Waals surface area (Å²) in [6, 6.07) is -0.109. The van der Waals surface area contributed by atoms with E-state index in [2.05, 4.69) is 13.0 Å². The molecule has 0 spiro atoms. The Morgan fingerprint density at radius 2 is 2.18 bits per heavy atom. The fourth-order valence-electron chi connectivity index (χ4n) is 3.35. The van der Waals surface area contributed by atoms with Crippen LogP contribution >= 0.6 is 0 Å². The summed E-state index contributed by atoms with van der Waals surface area (Å²) in [7, 11) is 1.38. The van der Waals surface area contributed by atoms with Gasteiger partial charge in [-0.25, -0.2) is 4.79 Å². The van der Waals surface area contributed by atoms with Crippen molar-refractivity contribution < 1.29 is 14.3 Å². The summed E-state index contributed by atoms with van der Waals surface area (Å²) in [5.74, 6) is 0.0696. The minimum atomic E-state index is -0.334. The van der Waals surface area contributed by atoms with Gasteiger partial charge >= 0.3 is 6.09 Å². The van der Waals surface area contributed by atoms with Crippen molar-refractivity contribution in [3.8, 4) is 0 Å². The maximum absolute atomic E-state index is 11.8. The molecule has 0 saturated carbocycles. The number of Topliss-reactive ketones (excluding diaryl/α,β-unsaturated/α-hetero) is 1. The number of ether oxygens (including phenoxy) is 1. The minimum Gasteiger partial charge on any atom is -0.453 e. The van der Waals surface area contributed by atoms with Crippen LogP contribution in [0.15, 0.2) is 11.6 Å². The third-order valence-electron chi connectivity index (χ3n) is 3.91. The first-order chi connectivity index (χ1) is 7.88. The Bertz CT molecular complexity index is 401. The quantitative estimate of drug-likeness (QED) is 0.655. The standard InChI is InChI=1S/C13H19NO3/c1-8-5-13(3)6-10(9(2)15)11(8)14(7-13)12(16)17-4/h5,10-11H,6-7H2,1-4H3/t10-,11+,13-/m1/s1. The fraction of sp³-hybridized carbons (Fsp3) is 0.692. The highest BCUT2D eigenvalue weighted by Gasteiger charge is 2.50. The topological polar surface area (TPSA) is 46.6 Å². The molecule has 0 aromatic rings. The Kier molecular flexibility index (Phi) is 2.76. The molecule has 2 bridgehead atoms. The van der Waals surface area contributed by atoms with Crippen molar-refractivity contribution in [3.05, 3.63) is 11.6 Å². The van der Waals surface area contributed by atoms with Crippen molar-refractivity contribution >= 4 is 11.9 Å². The monoisotopic (exact) mass is 237 g/mol. The zero-order chi connectivity index (χ0) is 12.8. The van der Waals surface area contributed by atoms with Crippen molar-refractivity contribution in [1.82, 2.24) is 4.90 Å². The van der Waals surface area contributed by atoms with Gasteiger partial charge in [0.25, 0.3) is 0 Å². The number of carbonyl (C=O) groups excluding carboxylic acids is 2. The van der Waals surface area contributed by atoms with E-state index in [4.69, 9.17) is 4.74 Å². The molecular weight excluding hydrogens is 218 g/mol. The molecule has 3 atom stereocenters. The molecule has 2 aliphatic heterocycles. The molecule has 4 nitrogen and oxygen atoms in total. The van der Waals surface area contributed by atoms with Gasteiger partial charge in [0.2, 0.25) is 0 Å². The van der Waals surface area contributed by atoms with E-state index in [1.54, 1.807) is 11.8 Å². The van der Waals surface area contributed by atoms with E-state index in [-0.39, 0.29) is 29.3 Å². The van der Waals surface area contributed by atoms with Crippen LogP contribution in [-0.4, -0.2) is 36.5 Å². The highest BCUT2D eigenvalue weighted by atomic mass is 16.5. The molecule has 0 N–H and O–H groups in total. The second-order valence-electron chi connectivity index (χ2n) is 5.51. The molecule has 1 aliphatic carbocycles. The Labute approximate surface area is 102 Å². The molecular formula is C13H19NO3. The molecule has 0 radical (unpaired) electrons. The molecule has 94 valence electrons. The van der Waals surface area contributed by atoms with Gasteiger partial charge in [-0.2, -0.15) is 0 Å². The third-order valence-corrected chi connectivity index (χ3v) is 3.91. The normalized spacial score (nSPS) is 35.5. The van der Waals surface area contributed by atoms with E-state index < -0.39 is 0 Å². The van der Waals surface area contributed by atoms with Crippen LogP contribution in [0, 0.1) is 11.3 Å². The highest BCUT2D eigenvalue weighted by Crippen LogP contribution is 2.46. The summed E-state index contributed by atoms with van der Waals surface area (Å²) in [4.78, 5) is 25.2. The van der Waals surface area contributed by atoms with Gasteiger partial charge in [-0.1, -0.05) is 18.6 Å². The number of hydrogen-bond donors (Lipinski definition) is 0. The molecule has 0 unspecified atom stereocenters. The maximum Gasteiger partial charge on any atom is 0.410 e. The summed E-state index contributed by atoms with van der Waals surface area (Å²) in [5, 5.41) is 0. The number of piperidine rings is 1. The van der Waals surface area contributed by atoms with Crippen LogP contribution in [0.25, 0.3) is 0 Å². The molecule has 0 aromatic carbocycles. The van der Waals surface area contributed by atoms with Crippen LogP contribution in [0.5, 0.6) is 0 Å². The number of methoxy groups -OCH3 is 1. The molecule has 3 aliphatic rings. The lowest BCUT2D eigenvalue weighted by molar-refractivity contribution is -0.125. The second-order valence-corrected chi connectivity index (χ2v) is 5.51. The smallest absolute Gasteiger partial charge is 0.410 e. The van der Waals surface area contributed by atoms with E-state index >= 15 is 0 Å². The minimum absolute atomic E-state index is 0.0853. The molecule has 1 saturated heterocycles. The third kappa shape index (κ3) is 1.85. The van der Waals surface area contributed by atoms with Crippen molar-refractivity contribution in [2.75, 3.05) is 13.7 Å². The summed E-state index contributed by atoms with van der Waals surface area (Å²) < 4.78 is 4.81. The van der Waals surface area contributed by atoms with Crippen LogP contribution in [-0.2, 0) is 9.53 Å². The van der Waals surface area contributed by atoms with Gasteiger partial charge in [-0.05, 0) is 20.3 Å². The van der Waals surface area contributed by atoms with Crippen LogP contribution in [0.2, 0.25) is 0 Å². The number of nitrogens with zero attached hydrogens (tertiary/aromatic N) is 1. The van der Waals surface area contributed by atoms with Crippen molar-refractivity contribution in [3.63, 3.8) is 0 Å². The van der Waals surface area contributed by atoms with Gasteiger partial charge in [0.05, 0.1) is 13.2 Å². The lowest BCUT2D eigenvalue weighted by Gasteiger charge is -2.52. The summed E-state index contributed by atoms with van der Waals surface area (Å²) in [6.07, 6.45) is 2.70. The van der Waals surface area contributed by atoms with Crippen LogP contribution in [0.1, 0.15) is 27.2 Å². The Hall–Kier alpha value is -1.32. The Morgan fingerprint density at radius 3 is 2.65 bits per heavy atom. The number of ketones is 1. The van der Waals surface area contributed by atoms with Gasteiger partial charge in [-0.3, -0.25) is 9.69 Å². The van der Waals surface area contributed by atoms with Crippen LogP contribution < -0.4 is 0 Å². The van der Waals surface area contributed by atoms with Crippen LogP contribution in [0.3, 0.4) is 0 Å². The molecule has 1 fully saturated rings. The molecule has 0 aromatic heterocycles. The van der Waals surface area contributed by atoms with E-state index in [1.807, 2.05) is 6.92 Å². The first-order valence-electron chi connectivity index (χ1n) is 5.92. The van der Waals surface area contributed by atoms with Crippen molar-refractivity contribution in [2.24, 2.45) is 11.3 Å². The highest BCUT2D eigenvalue weighted by molar-refractivity contribution is 5.82. The van der Waals surface area contributed by atoms with Crippen LogP contribution in [0.4, 0.5) is 4.79 Å². The van der Waals surface area contributed by atoms with E-state index in [0.29, 0.717) is 6.54 Å². The molecule has 17 heavy (non-hydrogen) atoms. The SMILES string of the molecule is COC(=O)N1C[C@]2(C)C=C(C)[C@H]1[C@@H](C(C)=O)C2. The first-order valence-corrected chi connectivity index (χ1v) is 5.92. The van der Waals surface area contributed by atoms with Gasteiger partial charge in [0.1, 0.15) is 5.78 Å². The molecule has 2 heterocycles. The molecule has 4 heteroatoms. The first kappa shape index (κ1) is 12.1. The van der Waals surface area contributed by atoms with Gasteiger partial charge in [0.15, 0.2) is 0 Å². The number of amides is 1. The Balaban J connectivity index is 2.40. The lowest BCUT2D eigenvalue weighted by Crippen LogP contribution is -2.59. The van der Waals surface area contributed by atoms with E-state index in [0.717, 1.165) is 12.0 Å². The summed E-state index contributed by atoms with van der Waals surface area (Å²) in [6.45, 7) is 6.34. The second kappa shape index (κ2) is 3.86. The van der Waals surface area contributed by atoms with E-state index in [1.165, 1.54) is 7.11 Å². The average molecular weight is 237 g/mol. The number of carbonyl (C=O) groups is 2. The number of hydrogen-bond acceptors (Lipinski definition) is 3. The maximum atomic E-state index is 11.8. The summed E-state index contributed by atoms with van der Waals surface area (Å²) in [5.41, 5.74) is 1.01. The molecule has 3 rings (SSSR count). The van der Waals surface area contributed by atoms with Gasteiger partial charge < -0.3 is 4.74 Å². The zero-order valence-electron chi connectivity index (χ0n) is 10.8. The van der Waals surface area contributed by atoms with Gasteiger partial charge in [0, 0.05) is 17.9 Å². The number of fused-ring (bicyclic) bond motifs is 2. The number of rotatable bonds is 1. The lowest BCUT2D eigenvalue weighted by atomic mass is 9.65. The van der Waals surface area contributed by atoms with Crippen molar-refractivity contribution in [1.29, 1.82) is 0 Å². The predicted molar refractivity (Wildman–Crippen MR) is 63.6 cm³/mol. The fourth-order valence-corrected chi connectivity index (χ4v) is 3.35. The zero-order valence-corrected chi connectivity index (χ0v) is 10.8. The van der Waals surface area contributed by atoms with Crippen molar-refractivity contribution in [2.45, 2.75) is 33.2 Å². The average Bonchev–Trinajstić information content (AvgIpc) is 2.25. The largest absolute Gasteiger partial charge is 0.453 e.